The summed E-state index contributed by atoms with van der Waals surface area (Å²) < 4.78 is 5.82. The first-order valence-corrected chi connectivity index (χ1v) is 8.63. The smallest absolute Gasteiger partial charge is 0.240 e. The molecule has 0 radical (unpaired) electrons. The number of ether oxygens (including phenoxy) is 1. The summed E-state index contributed by atoms with van der Waals surface area (Å²) in [6.45, 7) is 8.60. The Balaban J connectivity index is 0.00000625. The lowest BCUT2D eigenvalue weighted by Crippen LogP contribution is -2.49. The molecule has 0 aromatic heterocycles. The Hall–Kier alpha value is -1.22. The highest BCUT2D eigenvalue weighted by atomic mass is 127. The molecule has 0 heterocycles. The highest BCUT2D eigenvalue weighted by Crippen LogP contribution is 2.16. The lowest BCUT2D eigenvalue weighted by atomic mass is 10.1. The minimum atomic E-state index is -0.254. The summed E-state index contributed by atoms with van der Waals surface area (Å²) in [5, 5.41) is 6.82. The first-order chi connectivity index (χ1) is 11.6. The highest BCUT2D eigenvalue weighted by Gasteiger charge is 2.17. The fourth-order valence-corrected chi connectivity index (χ4v) is 2.28. The second kappa shape index (κ2) is 11.5. The van der Waals surface area contributed by atoms with Crippen LogP contribution in [0.3, 0.4) is 0 Å². The molecule has 1 amide bonds. The van der Waals surface area contributed by atoms with Gasteiger partial charge in [-0.2, -0.15) is 0 Å². The number of likely N-dealkylation sites (N-methyl/N-ethyl adjacent to an activating group) is 1. The Labute approximate surface area is 178 Å². The molecular formula is C18H30ClIN4O2. The monoisotopic (exact) mass is 496 g/mol. The largest absolute Gasteiger partial charge is 0.489 e. The number of amides is 1. The lowest BCUT2D eigenvalue weighted by Gasteiger charge is -2.26. The maximum absolute atomic E-state index is 12.0. The predicted molar refractivity (Wildman–Crippen MR) is 119 cm³/mol. The summed E-state index contributed by atoms with van der Waals surface area (Å²) in [7, 11) is 3.51. The summed E-state index contributed by atoms with van der Waals surface area (Å²) in [6, 6.07) is 7.24. The van der Waals surface area contributed by atoms with Crippen LogP contribution in [0.4, 0.5) is 0 Å². The van der Waals surface area contributed by atoms with Crippen LogP contribution in [0.15, 0.2) is 29.3 Å². The molecule has 2 N–H and O–H groups in total. The van der Waals surface area contributed by atoms with E-state index in [4.69, 9.17) is 16.3 Å². The molecule has 1 unspecified atom stereocenters. The van der Waals surface area contributed by atoms with Crippen molar-refractivity contribution in [1.29, 1.82) is 0 Å². The lowest BCUT2D eigenvalue weighted by molar-refractivity contribution is -0.122. The molecule has 26 heavy (non-hydrogen) atoms. The molecule has 148 valence electrons. The standard InChI is InChI=1S/C18H29ClN4O2.HI/c1-13(25-15-9-7-14(19)8-10-15)11-21-17(20-5)23(6)12-16(24)22-18(2,3)4;/h7-10,13H,11-12H2,1-6H3,(H,20,21)(H,22,24);1H. The summed E-state index contributed by atoms with van der Waals surface area (Å²) in [5.41, 5.74) is -0.254. The SMILES string of the molecule is CN=C(NCC(C)Oc1ccc(Cl)cc1)N(C)CC(=O)NC(C)(C)C.I. The molecular weight excluding hydrogens is 467 g/mol. The number of aliphatic imine (C=N–C) groups is 1. The molecule has 0 fully saturated rings. The van der Waals surface area contributed by atoms with Crippen molar-refractivity contribution in [3.63, 3.8) is 0 Å². The molecule has 6 nitrogen and oxygen atoms in total. The van der Waals surface area contributed by atoms with Crippen molar-refractivity contribution in [2.24, 2.45) is 4.99 Å². The average Bonchev–Trinajstić information content (AvgIpc) is 2.48. The van der Waals surface area contributed by atoms with Gasteiger partial charge in [0, 0.05) is 24.7 Å². The van der Waals surface area contributed by atoms with Gasteiger partial charge >= 0.3 is 0 Å². The molecule has 1 aromatic carbocycles. The van der Waals surface area contributed by atoms with Gasteiger partial charge in [-0.05, 0) is 52.0 Å². The van der Waals surface area contributed by atoms with Crippen LogP contribution in [-0.4, -0.2) is 55.6 Å². The number of hydrogen-bond donors (Lipinski definition) is 2. The summed E-state index contributed by atoms with van der Waals surface area (Å²) in [6.07, 6.45) is -0.0743. The second-order valence-corrected chi connectivity index (χ2v) is 7.40. The van der Waals surface area contributed by atoms with E-state index >= 15 is 0 Å². The number of nitrogens with zero attached hydrogens (tertiary/aromatic N) is 2. The number of nitrogens with one attached hydrogen (secondary N) is 2. The van der Waals surface area contributed by atoms with E-state index in [2.05, 4.69) is 15.6 Å². The zero-order chi connectivity index (χ0) is 19.0. The maximum atomic E-state index is 12.0. The minimum absolute atomic E-state index is 0. The van der Waals surface area contributed by atoms with Gasteiger partial charge in [0.2, 0.25) is 5.91 Å². The van der Waals surface area contributed by atoms with Gasteiger partial charge in [-0.15, -0.1) is 24.0 Å². The maximum Gasteiger partial charge on any atom is 0.240 e. The van der Waals surface area contributed by atoms with E-state index < -0.39 is 0 Å². The number of carbonyl (C=O) groups excluding carboxylic acids is 1. The van der Waals surface area contributed by atoms with Gasteiger partial charge in [0.1, 0.15) is 11.9 Å². The number of guanidine groups is 1. The van der Waals surface area contributed by atoms with E-state index in [1.165, 1.54) is 0 Å². The number of benzene rings is 1. The van der Waals surface area contributed by atoms with Gasteiger partial charge < -0.3 is 20.3 Å². The van der Waals surface area contributed by atoms with Crippen LogP contribution in [0.5, 0.6) is 5.75 Å². The van der Waals surface area contributed by atoms with Crippen LogP contribution in [0.1, 0.15) is 27.7 Å². The normalized spacial score (nSPS) is 12.7. The molecule has 1 aromatic rings. The zero-order valence-electron chi connectivity index (χ0n) is 16.3. The number of rotatable bonds is 6. The Morgan fingerprint density at radius 1 is 1.31 bits per heavy atom. The van der Waals surface area contributed by atoms with Gasteiger partial charge in [-0.25, -0.2) is 0 Å². The zero-order valence-corrected chi connectivity index (χ0v) is 19.4. The quantitative estimate of drug-likeness (QED) is 0.361. The first-order valence-electron chi connectivity index (χ1n) is 8.25. The van der Waals surface area contributed by atoms with Crippen LogP contribution in [0, 0.1) is 0 Å². The van der Waals surface area contributed by atoms with Crippen molar-refractivity contribution in [1.82, 2.24) is 15.5 Å². The van der Waals surface area contributed by atoms with Gasteiger partial charge in [0.05, 0.1) is 13.1 Å². The Morgan fingerprint density at radius 2 is 1.88 bits per heavy atom. The molecule has 1 rings (SSSR count). The van der Waals surface area contributed by atoms with Gasteiger partial charge in [0.15, 0.2) is 5.96 Å². The van der Waals surface area contributed by atoms with Crippen LogP contribution in [0.2, 0.25) is 5.02 Å². The molecule has 8 heteroatoms. The molecule has 0 spiro atoms. The van der Waals surface area contributed by atoms with Gasteiger partial charge in [-0.1, -0.05) is 11.6 Å². The van der Waals surface area contributed by atoms with Crippen LogP contribution in [0.25, 0.3) is 0 Å². The van der Waals surface area contributed by atoms with E-state index in [0.29, 0.717) is 17.5 Å². The predicted octanol–water partition coefficient (Wildman–Crippen LogP) is 3.15. The van der Waals surface area contributed by atoms with Crippen molar-refractivity contribution in [2.45, 2.75) is 39.3 Å². The Kier molecular flexibility index (Phi) is 10.9. The van der Waals surface area contributed by atoms with E-state index in [1.54, 1.807) is 24.1 Å². The van der Waals surface area contributed by atoms with Gasteiger partial charge in [0.25, 0.3) is 0 Å². The third-order valence-electron chi connectivity index (χ3n) is 3.17. The fraction of sp³-hybridized carbons (Fsp3) is 0.556. The Bertz CT molecular complexity index is 588. The number of halogens is 2. The summed E-state index contributed by atoms with van der Waals surface area (Å²) in [5.74, 6) is 1.34. The van der Waals surface area contributed by atoms with Crippen LogP contribution in [-0.2, 0) is 4.79 Å². The van der Waals surface area contributed by atoms with Gasteiger partial charge in [-0.3, -0.25) is 9.79 Å². The van der Waals surface area contributed by atoms with E-state index in [1.807, 2.05) is 46.9 Å². The van der Waals surface area contributed by atoms with E-state index in [0.717, 1.165) is 5.75 Å². The minimum Gasteiger partial charge on any atom is -0.489 e. The average molecular weight is 497 g/mol. The molecule has 1 atom stereocenters. The van der Waals surface area contributed by atoms with Crippen molar-refractivity contribution in [2.75, 3.05) is 27.2 Å². The van der Waals surface area contributed by atoms with E-state index in [-0.39, 0.29) is 48.1 Å². The van der Waals surface area contributed by atoms with Crippen molar-refractivity contribution < 1.29 is 9.53 Å². The van der Waals surface area contributed by atoms with Crippen LogP contribution < -0.4 is 15.4 Å². The number of carbonyl (C=O) groups is 1. The number of hydrogen-bond acceptors (Lipinski definition) is 3. The summed E-state index contributed by atoms with van der Waals surface area (Å²) in [4.78, 5) is 18.0. The highest BCUT2D eigenvalue weighted by molar-refractivity contribution is 14.0. The second-order valence-electron chi connectivity index (χ2n) is 6.96. The van der Waals surface area contributed by atoms with Crippen molar-refractivity contribution in [3.05, 3.63) is 29.3 Å². The molecule has 0 aliphatic rings. The Morgan fingerprint density at radius 3 is 2.38 bits per heavy atom. The third kappa shape index (κ3) is 10.1. The van der Waals surface area contributed by atoms with E-state index in [9.17, 15) is 4.79 Å². The topological polar surface area (TPSA) is 66.0 Å². The molecule has 0 saturated heterocycles. The van der Waals surface area contributed by atoms with Crippen LogP contribution >= 0.6 is 35.6 Å². The van der Waals surface area contributed by atoms with Crippen molar-refractivity contribution >= 4 is 47.4 Å². The molecule has 0 aliphatic carbocycles. The molecule has 0 bridgehead atoms. The van der Waals surface area contributed by atoms with Crippen molar-refractivity contribution in [3.8, 4) is 5.75 Å². The summed E-state index contributed by atoms with van der Waals surface area (Å²) >= 11 is 5.86. The molecule has 0 saturated carbocycles. The fourth-order valence-electron chi connectivity index (χ4n) is 2.15. The third-order valence-corrected chi connectivity index (χ3v) is 3.42. The first kappa shape index (κ1) is 24.8. The molecule has 0 aliphatic heterocycles.